The second-order valence-electron chi connectivity index (χ2n) is 8.24. The second-order valence-corrected chi connectivity index (χ2v) is 9.26. The predicted molar refractivity (Wildman–Crippen MR) is 143 cm³/mol. The zero-order chi connectivity index (χ0) is 28.2. The Bertz CT molecular complexity index is 1550. The molecule has 0 aliphatic heterocycles. The predicted octanol–water partition coefficient (Wildman–Crippen LogP) is 7.38. The molecule has 0 aliphatic rings. The van der Waals surface area contributed by atoms with Gasteiger partial charge in [-0.05, 0) is 42.2 Å². The van der Waals surface area contributed by atoms with Gasteiger partial charge in [-0.15, -0.1) is 24.5 Å². The smallest absolute Gasteiger partial charge is 0.491 e. The van der Waals surface area contributed by atoms with Crippen LogP contribution in [0.5, 0.6) is 17.2 Å². The molecule has 0 saturated carbocycles. The fraction of sp³-hybridized carbons (Fsp3) is 0.172. The summed E-state index contributed by atoms with van der Waals surface area (Å²) in [5, 5.41) is 1.15. The number of fused-ring (bicyclic) bond motifs is 3. The molecule has 0 N–H and O–H groups in total. The summed E-state index contributed by atoms with van der Waals surface area (Å²) < 4.78 is 61.7. The molecule has 39 heavy (non-hydrogen) atoms. The van der Waals surface area contributed by atoms with Crippen LogP contribution in [0.4, 0.5) is 13.2 Å². The van der Waals surface area contributed by atoms with E-state index >= 15 is 0 Å². The van der Waals surface area contributed by atoms with Gasteiger partial charge in [0.25, 0.3) is 0 Å². The number of thiophene rings is 1. The molecule has 0 saturated heterocycles. The fourth-order valence-electron chi connectivity index (χ4n) is 4.06. The molecule has 4 aromatic rings. The number of rotatable bonds is 10. The maximum atomic E-state index is 13.6. The molecule has 0 radical (unpaired) electrons. The molecule has 0 fully saturated rings. The number of ether oxygens (including phenoxy) is 4. The molecule has 0 spiro atoms. The maximum absolute atomic E-state index is 13.6. The number of hydrogen-bond donors (Lipinski definition) is 0. The molecule has 10 heteroatoms. The van der Waals surface area contributed by atoms with Crippen LogP contribution in [0, 0.1) is 0 Å². The molecule has 4 rings (SSSR count). The third-order valence-electron chi connectivity index (χ3n) is 5.77. The lowest BCUT2D eigenvalue weighted by Crippen LogP contribution is -2.17. The summed E-state index contributed by atoms with van der Waals surface area (Å²) in [6.45, 7) is 6.94. The molecule has 0 unspecified atom stereocenters. The molecule has 0 amide bonds. The maximum Gasteiger partial charge on any atom is 0.573 e. The first kappa shape index (κ1) is 27.7. The van der Waals surface area contributed by atoms with Crippen molar-refractivity contribution in [3.05, 3.63) is 79.4 Å². The molecule has 202 valence electrons. The van der Waals surface area contributed by atoms with Crippen LogP contribution in [-0.4, -0.2) is 32.0 Å². The van der Waals surface area contributed by atoms with Crippen molar-refractivity contribution in [1.29, 1.82) is 0 Å². The summed E-state index contributed by atoms with van der Waals surface area (Å²) >= 11 is 1.04. The summed E-state index contributed by atoms with van der Waals surface area (Å²) in [6.07, 6.45) is -1.64. The molecule has 3 aromatic carbocycles. The molecule has 0 bridgehead atoms. The van der Waals surface area contributed by atoms with Crippen molar-refractivity contribution >= 4 is 43.4 Å². The lowest BCUT2D eigenvalue weighted by molar-refractivity contribution is -0.273. The minimum atomic E-state index is -4.93. The minimum absolute atomic E-state index is 0.120. The summed E-state index contributed by atoms with van der Waals surface area (Å²) in [4.78, 5) is 22.9. The minimum Gasteiger partial charge on any atom is -0.491 e. The standard InChI is InChI=1S/C29H23F3O6S/c1-4-23(33)36-16-6-7-17-8-10-18(11-9-17)19-12-13-20-21-14-15-22(37-24(34)5-2)26(35-3)28(21)39-27(20)25(19)38-29(30,31)32/h4-5,8-15H,1-2,6-7,16H2,3H3. The highest BCUT2D eigenvalue weighted by Gasteiger charge is 2.34. The summed E-state index contributed by atoms with van der Waals surface area (Å²) in [6, 6.07) is 13.5. The van der Waals surface area contributed by atoms with Crippen molar-refractivity contribution in [2.24, 2.45) is 0 Å². The molecular weight excluding hydrogens is 533 g/mol. The van der Waals surface area contributed by atoms with Gasteiger partial charge in [-0.3, -0.25) is 0 Å². The highest BCUT2D eigenvalue weighted by molar-refractivity contribution is 7.26. The van der Waals surface area contributed by atoms with Gasteiger partial charge in [-0.1, -0.05) is 43.5 Å². The summed E-state index contributed by atoms with van der Waals surface area (Å²) in [7, 11) is 1.38. The van der Waals surface area contributed by atoms with E-state index in [1.54, 1.807) is 42.5 Å². The van der Waals surface area contributed by atoms with Gasteiger partial charge in [-0.2, -0.15) is 0 Å². The van der Waals surface area contributed by atoms with Crippen LogP contribution < -0.4 is 14.2 Å². The van der Waals surface area contributed by atoms with Gasteiger partial charge in [-0.25, -0.2) is 9.59 Å². The molecule has 1 heterocycles. The van der Waals surface area contributed by atoms with Crippen LogP contribution in [0.2, 0.25) is 0 Å². The number of hydrogen-bond acceptors (Lipinski definition) is 7. The summed E-state index contributed by atoms with van der Waals surface area (Å²) in [5.74, 6) is -1.19. The number of halogens is 3. The lowest BCUT2D eigenvalue weighted by Gasteiger charge is -2.15. The van der Waals surface area contributed by atoms with Crippen molar-refractivity contribution in [2.75, 3.05) is 13.7 Å². The highest BCUT2D eigenvalue weighted by Crippen LogP contribution is 2.50. The Balaban J connectivity index is 1.75. The van der Waals surface area contributed by atoms with Gasteiger partial charge in [0.2, 0.25) is 0 Å². The quantitative estimate of drug-likeness (QED) is 0.0879. The highest BCUT2D eigenvalue weighted by atomic mass is 32.1. The van der Waals surface area contributed by atoms with E-state index in [2.05, 4.69) is 17.9 Å². The molecule has 0 aliphatic carbocycles. The fourth-order valence-corrected chi connectivity index (χ4v) is 5.36. The zero-order valence-electron chi connectivity index (χ0n) is 20.8. The SMILES string of the molecule is C=CC(=O)OCCCc1ccc(-c2ccc3c(sc4c(OC)c(OC(=O)C=C)ccc43)c2OC(F)(F)F)cc1. The van der Waals surface area contributed by atoms with Gasteiger partial charge in [0.15, 0.2) is 17.2 Å². The van der Waals surface area contributed by atoms with Crippen molar-refractivity contribution in [2.45, 2.75) is 19.2 Å². The van der Waals surface area contributed by atoms with Crippen LogP contribution in [0.15, 0.2) is 73.8 Å². The Morgan fingerprint density at radius 2 is 1.54 bits per heavy atom. The number of methoxy groups -OCH3 is 1. The average Bonchev–Trinajstić information content (AvgIpc) is 3.30. The number of carbonyl (C=O) groups excluding carboxylic acids is 2. The van der Waals surface area contributed by atoms with E-state index in [-0.39, 0.29) is 34.1 Å². The normalized spacial score (nSPS) is 11.3. The second kappa shape index (κ2) is 11.6. The molecule has 1 aromatic heterocycles. The Morgan fingerprint density at radius 1 is 0.897 bits per heavy atom. The van der Waals surface area contributed by atoms with Gasteiger partial charge >= 0.3 is 18.3 Å². The molecular formula is C29H23F3O6S. The van der Waals surface area contributed by atoms with Crippen LogP contribution in [0.3, 0.4) is 0 Å². The lowest BCUT2D eigenvalue weighted by atomic mass is 10.00. The third-order valence-corrected chi connectivity index (χ3v) is 6.99. The van der Waals surface area contributed by atoms with Crippen molar-refractivity contribution in [1.82, 2.24) is 0 Å². The van der Waals surface area contributed by atoms with Crippen molar-refractivity contribution in [3.8, 4) is 28.4 Å². The number of benzene rings is 3. The number of carbonyl (C=O) groups is 2. The van der Waals surface area contributed by atoms with E-state index in [4.69, 9.17) is 14.2 Å². The Kier molecular flexibility index (Phi) is 8.25. The van der Waals surface area contributed by atoms with E-state index in [1.807, 2.05) is 0 Å². The van der Waals surface area contributed by atoms with E-state index in [0.717, 1.165) is 29.1 Å². The molecule has 6 nitrogen and oxygen atoms in total. The summed E-state index contributed by atoms with van der Waals surface area (Å²) in [5.41, 5.74) is 1.72. The van der Waals surface area contributed by atoms with E-state index in [9.17, 15) is 22.8 Å². The van der Waals surface area contributed by atoms with Crippen molar-refractivity contribution in [3.63, 3.8) is 0 Å². The average molecular weight is 557 g/mol. The Hall–Kier alpha value is -4.31. The van der Waals surface area contributed by atoms with E-state index in [1.165, 1.54) is 13.2 Å². The van der Waals surface area contributed by atoms with Crippen molar-refractivity contribution < 1.29 is 41.7 Å². The Labute approximate surface area is 225 Å². The number of aryl methyl sites for hydroxylation is 1. The van der Waals surface area contributed by atoms with Crippen LogP contribution in [0.1, 0.15) is 12.0 Å². The van der Waals surface area contributed by atoms with Crippen LogP contribution >= 0.6 is 11.3 Å². The Morgan fingerprint density at radius 3 is 2.15 bits per heavy atom. The van der Waals surface area contributed by atoms with Gasteiger partial charge in [0.05, 0.1) is 23.1 Å². The van der Waals surface area contributed by atoms with Gasteiger partial charge < -0.3 is 18.9 Å². The number of alkyl halides is 3. The monoisotopic (exact) mass is 556 g/mol. The van der Waals surface area contributed by atoms with Gasteiger partial charge in [0.1, 0.15) is 0 Å². The first-order valence-corrected chi connectivity index (χ1v) is 12.5. The first-order valence-electron chi connectivity index (χ1n) is 11.7. The molecule has 0 atom stereocenters. The van der Waals surface area contributed by atoms with E-state index < -0.39 is 18.3 Å². The number of esters is 2. The van der Waals surface area contributed by atoms with Crippen LogP contribution in [-0.2, 0) is 20.7 Å². The topological polar surface area (TPSA) is 71.1 Å². The van der Waals surface area contributed by atoms with Crippen LogP contribution in [0.25, 0.3) is 31.3 Å². The van der Waals surface area contributed by atoms with E-state index in [0.29, 0.717) is 33.9 Å². The van der Waals surface area contributed by atoms with Gasteiger partial charge in [0, 0.05) is 28.5 Å². The zero-order valence-corrected chi connectivity index (χ0v) is 21.6. The third kappa shape index (κ3) is 6.23. The first-order chi connectivity index (χ1) is 18.6. The largest absolute Gasteiger partial charge is 0.573 e.